The van der Waals surface area contributed by atoms with E-state index in [4.69, 9.17) is 0 Å². The van der Waals surface area contributed by atoms with Crippen molar-refractivity contribution < 1.29 is 4.39 Å². The fourth-order valence-corrected chi connectivity index (χ4v) is 1.29. The third-order valence-electron chi connectivity index (χ3n) is 3.01. The van der Waals surface area contributed by atoms with Crippen molar-refractivity contribution in [2.75, 3.05) is 0 Å². The summed E-state index contributed by atoms with van der Waals surface area (Å²) in [6.07, 6.45) is 0. The van der Waals surface area contributed by atoms with E-state index in [-0.39, 0.29) is 11.2 Å². The van der Waals surface area contributed by atoms with Crippen molar-refractivity contribution in [2.24, 2.45) is 5.92 Å². The number of rotatable bonds is 2. The number of hydrogen-bond acceptors (Lipinski definition) is 0. The largest absolute Gasteiger partial charge is 0.207 e. The second kappa shape index (κ2) is 3.49. The van der Waals surface area contributed by atoms with Crippen LogP contribution < -0.4 is 0 Å². The van der Waals surface area contributed by atoms with Gasteiger partial charge in [-0.2, -0.15) is 0 Å². The lowest BCUT2D eigenvalue weighted by atomic mass is 9.75. The van der Waals surface area contributed by atoms with Crippen LogP contribution in [0.5, 0.6) is 0 Å². The molecule has 0 radical (unpaired) electrons. The lowest BCUT2D eigenvalue weighted by molar-refractivity contribution is 0.357. The fourth-order valence-electron chi connectivity index (χ4n) is 1.29. The molecule has 1 aromatic rings. The topological polar surface area (TPSA) is 0 Å². The molecule has 0 aliphatic rings. The minimum absolute atomic E-state index is 0.0919. The Balaban J connectivity index is 3.14. The molecule has 0 bridgehead atoms. The average Bonchev–Trinajstić information content (AvgIpc) is 2.04. The molecular formula is C12H17F. The second-order valence-corrected chi connectivity index (χ2v) is 4.36. The number of benzene rings is 1. The molecule has 0 fully saturated rings. The first kappa shape index (κ1) is 10.2. The van der Waals surface area contributed by atoms with Gasteiger partial charge in [0.05, 0.1) is 0 Å². The predicted octanol–water partition coefficient (Wildman–Crippen LogP) is 3.76. The predicted molar refractivity (Wildman–Crippen MR) is 54.3 cm³/mol. The molecule has 0 saturated carbocycles. The molecule has 72 valence electrons. The molecule has 0 unspecified atom stereocenters. The Morgan fingerprint density at radius 3 is 2.15 bits per heavy atom. The smallest absolute Gasteiger partial charge is 0.126 e. The first-order chi connectivity index (χ1) is 5.96. The van der Waals surface area contributed by atoms with Gasteiger partial charge in [-0.1, -0.05) is 45.9 Å². The van der Waals surface area contributed by atoms with Crippen LogP contribution in [0.15, 0.2) is 24.3 Å². The molecule has 0 amide bonds. The average molecular weight is 180 g/mol. The summed E-state index contributed by atoms with van der Waals surface area (Å²) in [5.74, 6) is 0.339. The quantitative estimate of drug-likeness (QED) is 0.650. The van der Waals surface area contributed by atoms with Gasteiger partial charge in [0.25, 0.3) is 0 Å². The van der Waals surface area contributed by atoms with Crippen LogP contribution in [0.4, 0.5) is 4.39 Å². The van der Waals surface area contributed by atoms with Crippen molar-refractivity contribution in [3.63, 3.8) is 0 Å². The van der Waals surface area contributed by atoms with Gasteiger partial charge in [0.1, 0.15) is 5.82 Å². The minimum Gasteiger partial charge on any atom is -0.207 e. The molecule has 0 spiro atoms. The van der Waals surface area contributed by atoms with E-state index in [1.54, 1.807) is 6.07 Å². The van der Waals surface area contributed by atoms with E-state index in [9.17, 15) is 4.39 Å². The van der Waals surface area contributed by atoms with Crippen LogP contribution in [0.1, 0.15) is 33.3 Å². The molecule has 0 aliphatic heterocycles. The summed E-state index contributed by atoms with van der Waals surface area (Å²) in [5.41, 5.74) is 0.718. The van der Waals surface area contributed by atoms with E-state index in [0.717, 1.165) is 5.56 Å². The Bertz CT molecular complexity index is 287. The van der Waals surface area contributed by atoms with Crippen LogP contribution in [-0.4, -0.2) is 0 Å². The monoisotopic (exact) mass is 180 g/mol. The Morgan fingerprint density at radius 2 is 1.69 bits per heavy atom. The number of hydrogen-bond donors (Lipinski definition) is 0. The van der Waals surface area contributed by atoms with E-state index in [1.807, 2.05) is 12.1 Å². The van der Waals surface area contributed by atoms with Crippen molar-refractivity contribution in [2.45, 2.75) is 33.1 Å². The van der Waals surface area contributed by atoms with Gasteiger partial charge in [0.2, 0.25) is 0 Å². The van der Waals surface area contributed by atoms with Gasteiger partial charge in [-0.05, 0) is 23.0 Å². The molecule has 0 aromatic heterocycles. The van der Waals surface area contributed by atoms with Gasteiger partial charge < -0.3 is 0 Å². The third-order valence-corrected chi connectivity index (χ3v) is 3.01. The van der Waals surface area contributed by atoms with Gasteiger partial charge in [-0.25, -0.2) is 4.39 Å². The van der Waals surface area contributed by atoms with E-state index >= 15 is 0 Å². The second-order valence-electron chi connectivity index (χ2n) is 4.36. The lowest BCUT2D eigenvalue weighted by Gasteiger charge is -2.30. The number of halogens is 1. The van der Waals surface area contributed by atoms with Gasteiger partial charge in [0.15, 0.2) is 0 Å². The summed E-state index contributed by atoms with van der Waals surface area (Å²) >= 11 is 0. The molecule has 0 nitrogen and oxygen atoms in total. The zero-order valence-corrected chi connectivity index (χ0v) is 8.76. The molecule has 0 atom stereocenters. The molecule has 0 N–H and O–H groups in total. The molecule has 0 aliphatic carbocycles. The maximum Gasteiger partial charge on any atom is 0.126 e. The Kier molecular flexibility index (Phi) is 2.74. The maximum absolute atomic E-state index is 13.4. The zero-order chi connectivity index (χ0) is 10.1. The normalized spacial score (nSPS) is 12.2. The van der Waals surface area contributed by atoms with Crippen molar-refractivity contribution in [1.82, 2.24) is 0 Å². The van der Waals surface area contributed by atoms with Gasteiger partial charge >= 0.3 is 0 Å². The maximum atomic E-state index is 13.4. The van der Waals surface area contributed by atoms with Crippen LogP contribution in [0, 0.1) is 11.7 Å². The SMILES string of the molecule is CC(C)C(C)(C)c1ccccc1F. The fraction of sp³-hybridized carbons (Fsp3) is 0.500. The first-order valence-corrected chi connectivity index (χ1v) is 4.71. The van der Waals surface area contributed by atoms with Crippen molar-refractivity contribution in [3.8, 4) is 0 Å². The first-order valence-electron chi connectivity index (χ1n) is 4.71. The summed E-state index contributed by atoms with van der Waals surface area (Å²) in [6.45, 7) is 8.39. The highest BCUT2D eigenvalue weighted by atomic mass is 19.1. The molecule has 1 rings (SSSR count). The lowest BCUT2D eigenvalue weighted by Crippen LogP contribution is -2.25. The zero-order valence-electron chi connectivity index (χ0n) is 8.76. The summed E-state index contributed by atoms with van der Waals surface area (Å²) in [5, 5.41) is 0. The molecule has 1 heteroatoms. The van der Waals surface area contributed by atoms with Crippen molar-refractivity contribution in [3.05, 3.63) is 35.6 Å². The van der Waals surface area contributed by atoms with Gasteiger partial charge in [-0.15, -0.1) is 0 Å². The van der Waals surface area contributed by atoms with E-state index in [2.05, 4.69) is 27.7 Å². The highest BCUT2D eigenvalue weighted by Gasteiger charge is 2.26. The molecule has 0 heterocycles. The molecule has 0 saturated heterocycles. The van der Waals surface area contributed by atoms with Crippen LogP contribution in [-0.2, 0) is 5.41 Å². The van der Waals surface area contributed by atoms with E-state index in [1.165, 1.54) is 6.07 Å². The molecule has 13 heavy (non-hydrogen) atoms. The Labute approximate surface area is 79.8 Å². The highest BCUT2D eigenvalue weighted by molar-refractivity contribution is 5.25. The third kappa shape index (κ3) is 1.90. The van der Waals surface area contributed by atoms with Gasteiger partial charge in [-0.3, -0.25) is 0 Å². The van der Waals surface area contributed by atoms with Crippen LogP contribution in [0.2, 0.25) is 0 Å². The minimum atomic E-state index is -0.0961. The summed E-state index contributed by atoms with van der Waals surface area (Å²) in [6, 6.07) is 7.02. The van der Waals surface area contributed by atoms with Gasteiger partial charge in [0, 0.05) is 0 Å². The summed E-state index contributed by atoms with van der Waals surface area (Å²) in [7, 11) is 0. The van der Waals surface area contributed by atoms with E-state index in [0.29, 0.717) is 5.92 Å². The summed E-state index contributed by atoms with van der Waals surface area (Å²) in [4.78, 5) is 0. The van der Waals surface area contributed by atoms with Crippen molar-refractivity contribution in [1.29, 1.82) is 0 Å². The van der Waals surface area contributed by atoms with Crippen molar-refractivity contribution >= 4 is 0 Å². The van der Waals surface area contributed by atoms with E-state index < -0.39 is 0 Å². The van der Waals surface area contributed by atoms with Crippen LogP contribution in [0.3, 0.4) is 0 Å². The highest BCUT2D eigenvalue weighted by Crippen LogP contribution is 2.32. The van der Waals surface area contributed by atoms with Crippen LogP contribution in [0.25, 0.3) is 0 Å². The summed E-state index contributed by atoms with van der Waals surface area (Å²) < 4.78 is 13.4. The Morgan fingerprint density at radius 1 is 1.15 bits per heavy atom. The standard InChI is InChI=1S/C12H17F/c1-9(2)12(3,4)10-7-5-6-8-11(10)13/h5-9H,1-4H3. The molecular weight excluding hydrogens is 163 g/mol. The van der Waals surface area contributed by atoms with Crippen LogP contribution >= 0.6 is 0 Å². The Hall–Kier alpha value is -0.850. The molecule has 1 aromatic carbocycles.